The lowest BCUT2D eigenvalue weighted by atomic mass is 9.98. The van der Waals surface area contributed by atoms with Gasteiger partial charge in [0.2, 0.25) is 5.91 Å². The molecule has 5 rings (SSSR count). The minimum absolute atomic E-state index is 0.171. The Kier molecular flexibility index (Phi) is 4.99. The van der Waals surface area contributed by atoms with Gasteiger partial charge in [0, 0.05) is 37.7 Å². The van der Waals surface area contributed by atoms with E-state index < -0.39 is 15.8 Å². The quantitative estimate of drug-likeness (QED) is 0.768. The van der Waals surface area contributed by atoms with Crippen LogP contribution in [0.1, 0.15) is 38.5 Å². The SMILES string of the molecule is O=C(Nc1ccc2c(c1)OC1(CCCC1)O2)C1CCCN(S(=O)(=O)c2cccs2)C1. The van der Waals surface area contributed by atoms with Crippen molar-refractivity contribution >= 4 is 33.0 Å². The average Bonchev–Trinajstić information content (AvgIpc) is 3.49. The highest BCUT2D eigenvalue weighted by Crippen LogP contribution is 2.47. The first kappa shape index (κ1) is 19.8. The van der Waals surface area contributed by atoms with Crippen LogP contribution < -0.4 is 14.8 Å². The molecule has 0 radical (unpaired) electrons. The molecular formula is C21H24N2O5S2. The first-order valence-corrected chi connectivity index (χ1v) is 12.6. The van der Waals surface area contributed by atoms with E-state index in [0.29, 0.717) is 40.8 Å². The molecule has 1 saturated heterocycles. The fraction of sp³-hybridized carbons (Fsp3) is 0.476. The molecule has 2 aromatic rings. The fourth-order valence-corrected chi connectivity index (χ4v) is 7.11. The largest absolute Gasteiger partial charge is 0.448 e. The van der Waals surface area contributed by atoms with Crippen LogP contribution >= 0.6 is 11.3 Å². The van der Waals surface area contributed by atoms with Crippen molar-refractivity contribution in [1.29, 1.82) is 0 Å². The van der Waals surface area contributed by atoms with Crippen LogP contribution in [0.4, 0.5) is 5.69 Å². The van der Waals surface area contributed by atoms with Gasteiger partial charge in [-0.25, -0.2) is 8.42 Å². The number of anilines is 1. The highest BCUT2D eigenvalue weighted by Gasteiger charge is 2.44. The lowest BCUT2D eigenvalue weighted by molar-refractivity contribution is -0.120. The third-order valence-electron chi connectivity index (χ3n) is 6.01. The molecule has 3 heterocycles. The average molecular weight is 449 g/mol. The first-order valence-electron chi connectivity index (χ1n) is 10.3. The van der Waals surface area contributed by atoms with Crippen molar-refractivity contribution in [2.75, 3.05) is 18.4 Å². The van der Waals surface area contributed by atoms with Crippen LogP contribution in [0, 0.1) is 5.92 Å². The number of sulfonamides is 1. The summed E-state index contributed by atoms with van der Waals surface area (Å²) >= 11 is 1.20. The van der Waals surface area contributed by atoms with Gasteiger partial charge in [0.15, 0.2) is 11.5 Å². The standard InChI is InChI=1S/C21H24N2O5S2/c24-20(15-5-3-11-23(14-15)30(25,26)19-6-4-12-29-19)22-16-7-8-17-18(13-16)28-21(27-17)9-1-2-10-21/h4,6-8,12-13,15H,1-3,5,9-11,14H2,(H,22,24). The number of piperidine rings is 1. The van der Waals surface area contributed by atoms with Gasteiger partial charge in [-0.2, -0.15) is 4.31 Å². The highest BCUT2D eigenvalue weighted by molar-refractivity contribution is 7.91. The van der Waals surface area contributed by atoms with Gasteiger partial charge in [-0.3, -0.25) is 4.79 Å². The number of carbonyl (C=O) groups is 1. The molecule has 1 amide bonds. The van der Waals surface area contributed by atoms with Crippen molar-refractivity contribution < 1.29 is 22.7 Å². The zero-order valence-electron chi connectivity index (χ0n) is 16.5. The molecule has 2 fully saturated rings. The van der Waals surface area contributed by atoms with Crippen LogP contribution in [0.15, 0.2) is 39.9 Å². The molecule has 1 aromatic heterocycles. The molecule has 1 atom stereocenters. The van der Waals surface area contributed by atoms with Gasteiger partial charge >= 0.3 is 0 Å². The lowest BCUT2D eigenvalue weighted by Crippen LogP contribution is -2.43. The number of rotatable bonds is 4. The molecule has 3 aliphatic rings. The summed E-state index contributed by atoms with van der Waals surface area (Å²) in [5, 5.41) is 4.68. The molecule has 2 aliphatic heterocycles. The van der Waals surface area contributed by atoms with E-state index in [2.05, 4.69) is 5.32 Å². The third kappa shape index (κ3) is 3.59. The summed E-state index contributed by atoms with van der Waals surface area (Å²) in [4.78, 5) is 12.9. The van der Waals surface area contributed by atoms with Gasteiger partial charge in [0.25, 0.3) is 15.8 Å². The number of nitrogens with zero attached hydrogens (tertiary/aromatic N) is 1. The summed E-state index contributed by atoms with van der Waals surface area (Å²) in [5.74, 6) is 0.266. The van der Waals surface area contributed by atoms with Crippen molar-refractivity contribution in [3.05, 3.63) is 35.7 Å². The van der Waals surface area contributed by atoms with Crippen molar-refractivity contribution in [3.8, 4) is 11.5 Å². The molecular weight excluding hydrogens is 424 g/mol. The van der Waals surface area contributed by atoms with E-state index in [1.54, 1.807) is 29.6 Å². The second-order valence-electron chi connectivity index (χ2n) is 8.11. The molecule has 1 aromatic carbocycles. The Morgan fingerprint density at radius 1 is 1.13 bits per heavy atom. The number of amides is 1. The predicted molar refractivity (Wildman–Crippen MR) is 113 cm³/mol. The number of ether oxygens (including phenoxy) is 2. The van der Waals surface area contributed by atoms with Crippen molar-refractivity contribution in [2.24, 2.45) is 5.92 Å². The second-order valence-corrected chi connectivity index (χ2v) is 11.2. The predicted octanol–water partition coefficient (Wildman–Crippen LogP) is 3.83. The van der Waals surface area contributed by atoms with Crippen molar-refractivity contribution in [2.45, 2.75) is 48.5 Å². The fourth-order valence-electron chi connectivity index (χ4n) is 4.45. The van der Waals surface area contributed by atoms with E-state index in [1.807, 2.05) is 6.07 Å². The van der Waals surface area contributed by atoms with Crippen molar-refractivity contribution in [3.63, 3.8) is 0 Å². The zero-order valence-corrected chi connectivity index (χ0v) is 18.1. The Hall–Kier alpha value is -2.10. The monoisotopic (exact) mass is 448 g/mol. The molecule has 1 saturated carbocycles. The number of thiophene rings is 1. The van der Waals surface area contributed by atoms with E-state index in [9.17, 15) is 13.2 Å². The summed E-state index contributed by atoms with van der Waals surface area (Å²) in [6.45, 7) is 0.635. The van der Waals surface area contributed by atoms with Gasteiger partial charge < -0.3 is 14.8 Å². The molecule has 1 aliphatic carbocycles. The number of benzene rings is 1. The van der Waals surface area contributed by atoms with Crippen LogP contribution in [0.3, 0.4) is 0 Å². The molecule has 1 spiro atoms. The molecule has 160 valence electrons. The second kappa shape index (κ2) is 7.55. The summed E-state index contributed by atoms with van der Waals surface area (Å²) in [7, 11) is -3.54. The van der Waals surface area contributed by atoms with E-state index in [0.717, 1.165) is 25.7 Å². The van der Waals surface area contributed by atoms with Gasteiger partial charge in [-0.05, 0) is 49.3 Å². The van der Waals surface area contributed by atoms with Crippen LogP contribution in [0.25, 0.3) is 0 Å². The Balaban J connectivity index is 1.26. The van der Waals surface area contributed by atoms with Crippen LogP contribution in [0.5, 0.6) is 11.5 Å². The molecule has 1 unspecified atom stereocenters. The van der Waals surface area contributed by atoms with Gasteiger partial charge in [0.1, 0.15) is 4.21 Å². The van der Waals surface area contributed by atoms with Crippen LogP contribution in [-0.2, 0) is 14.8 Å². The molecule has 7 nitrogen and oxygen atoms in total. The lowest BCUT2D eigenvalue weighted by Gasteiger charge is -2.30. The first-order chi connectivity index (χ1) is 14.5. The Morgan fingerprint density at radius 2 is 1.93 bits per heavy atom. The summed E-state index contributed by atoms with van der Waals surface area (Å²) in [6, 6.07) is 8.75. The van der Waals surface area contributed by atoms with Crippen molar-refractivity contribution in [1.82, 2.24) is 4.31 Å². The van der Waals surface area contributed by atoms with E-state index in [-0.39, 0.29) is 18.4 Å². The summed E-state index contributed by atoms with van der Waals surface area (Å²) in [6.07, 6.45) is 5.25. The van der Waals surface area contributed by atoms with Gasteiger partial charge in [-0.1, -0.05) is 6.07 Å². The van der Waals surface area contributed by atoms with Crippen LogP contribution in [-0.4, -0.2) is 37.5 Å². The number of hydrogen-bond acceptors (Lipinski definition) is 6. The minimum Gasteiger partial charge on any atom is -0.448 e. The topological polar surface area (TPSA) is 84.9 Å². The maximum atomic E-state index is 12.9. The Morgan fingerprint density at radius 3 is 2.70 bits per heavy atom. The third-order valence-corrected chi connectivity index (χ3v) is 9.25. The van der Waals surface area contributed by atoms with Gasteiger partial charge in [-0.15, -0.1) is 11.3 Å². The number of hydrogen-bond donors (Lipinski definition) is 1. The Bertz CT molecular complexity index is 1050. The Labute approximate surface area is 180 Å². The molecule has 30 heavy (non-hydrogen) atoms. The van der Waals surface area contributed by atoms with Crippen LogP contribution in [0.2, 0.25) is 0 Å². The number of fused-ring (bicyclic) bond motifs is 1. The summed E-state index contributed by atoms with van der Waals surface area (Å²) < 4.78 is 39.4. The maximum Gasteiger partial charge on any atom is 0.252 e. The van der Waals surface area contributed by atoms with E-state index >= 15 is 0 Å². The van der Waals surface area contributed by atoms with Gasteiger partial charge in [0.05, 0.1) is 5.92 Å². The maximum absolute atomic E-state index is 12.9. The number of nitrogens with one attached hydrogen (secondary N) is 1. The molecule has 0 bridgehead atoms. The zero-order chi connectivity index (χ0) is 20.8. The minimum atomic E-state index is -3.54. The highest BCUT2D eigenvalue weighted by atomic mass is 32.2. The normalized spacial score (nSPS) is 23.0. The molecule has 9 heteroatoms. The summed E-state index contributed by atoms with van der Waals surface area (Å²) in [5.41, 5.74) is 0.635. The van der Waals surface area contributed by atoms with E-state index in [1.165, 1.54) is 15.6 Å². The molecule has 1 N–H and O–H groups in total. The van der Waals surface area contributed by atoms with E-state index in [4.69, 9.17) is 9.47 Å². The smallest absolute Gasteiger partial charge is 0.252 e. The number of carbonyl (C=O) groups excluding carboxylic acids is 1.